The van der Waals surface area contributed by atoms with E-state index >= 15 is 0 Å². The predicted molar refractivity (Wildman–Crippen MR) is 126 cm³/mol. The highest BCUT2D eigenvalue weighted by Crippen LogP contribution is 2.21. The molecule has 0 saturated heterocycles. The van der Waals surface area contributed by atoms with Gasteiger partial charge in [0.1, 0.15) is 11.6 Å². The Morgan fingerprint density at radius 1 is 1.09 bits per heavy atom. The van der Waals surface area contributed by atoms with Crippen molar-refractivity contribution in [1.29, 1.82) is 0 Å². The second kappa shape index (κ2) is 9.64. The molecular formula is C26H28N4O2. The number of benzene rings is 2. The molecule has 6 nitrogen and oxygen atoms in total. The summed E-state index contributed by atoms with van der Waals surface area (Å²) in [4.78, 5) is 23.3. The molecule has 4 rings (SSSR count). The molecule has 2 heterocycles. The first kappa shape index (κ1) is 21.6. The summed E-state index contributed by atoms with van der Waals surface area (Å²) in [5.74, 6) is 1.72. The number of amides is 1. The molecule has 4 aromatic rings. The van der Waals surface area contributed by atoms with Crippen LogP contribution in [0.5, 0.6) is 5.75 Å². The number of fused-ring (bicyclic) bond motifs is 1. The zero-order valence-corrected chi connectivity index (χ0v) is 18.8. The van der Waals surface area contributed by atoms with Gasteiger partial charge in [0.05, 0.1) is 29.7 Å². The summed E-state index contributed by atoms with van der Waals surface area (Å²) < 4.78 is 8.23. The van der Waals surface area contributed by atoms with Gasteiger partial charge in [0.15, 0.2) is 0 Å². The van der Waals surface area contributed by atoms with Crippen molar-refractivity contribution in [3.8, 4) is 5.75 Å². The summed E-state index contributed by atoms with van der Waals surface area (Å²) in [6, 6.07) is 17.9. The molecule has 0 radical (unpaired) electrons. The van der Waals surface area contributed by atoms with Gasteiger partial charge in [-0.2, -0.15) is 0 Å². The quantitative estimate of drug-likeness (QED) is 0.379. The number of imidazole rings is 1. The molecule has 1 amide bonds. The highest BCUT2D eigenvalue weighted by Gasteiger charge is 2.17. The monoisotopic (exact) mass is 428 g/mol. The van der Waals surface area contributed by atoms with E-state index in [1.807, 2.05) is 18.2 Å². The summed E-state index contributed by atoms with van der Waals surface area (Å²) in [7, 11) is 1.79. The van der Waals surface area contributed by atoms with E-state index in [-0.39, 0.29) is 5.91 Å². The molecule has 2 aromatic heterocycles. The second-order valence-corrected chi connectivity index (χ2v) is 8.04. The maximum absolute atomic E-state index is 12.8. The Hall–Kier alpha value is -3.67. The van der Waals surface area contributed by atoms with Crippen LogP contribution in [0, 0.1) is 13.8 Å². The van der Waals surface area contributed by atoms with Crippen LogP contribution in [0.3, 0.4) is 0 Å². The lowest BCUT2D eigenvalue weighted by atomic mass is 10.1. The number of carbonyl (C=O) groups excluding carboxylic acids is 1. The van der Waals surface area contributed by atoms with Crippen molar-refractivity contribution >= 4 is 16.9 Å². The van der Waals surface area contributed by atoms with Crippen LogP contribution in [-0.4, -0.2) is 39.0 Å². The van der Waals surface area contributed by atoms with Gasteiger partial charge < -0.3 is 14.2 Å². The van der Waals surface area contributed by atoms with Gasteiger partial charge in [0, 0.05) is 26.0 Å². The molecule has 0 aliphatic heterocycles. The van der Waals surface area contributed by atoms with Crippen LogP contribution in [-0.2, 0) is 13.1 Å². The molecule has 6 heteroatoms. The third kappa shape index (κ3) is 4.80. The summed E-state index contributed by atoms with van der Waals surface area (Å²) >= 11 is 0. The zero-order chi connectivity index (χ0) is 22.5. The number of rotatable bonds is 8. The molecule has 32 heavy (non-hydrogen) atoms. The highest BCUT2D eigenvalue weighted by atomic mass is 16.5. The van der Waals surface area contributed by atoms with Gasteiger partial charge in [-0.25, -0.2) is 4.98 Å². The minimum Gasteiger partial charge on any atom is -0.493 e. The Bertz CT molecular complexity index is 1220. The zero-order valence-electron chi connectivity index (χ0n) is 18.8. The third-order valence-electron chi connectivity index (χ3n) is 5.49. The SMILES string of the molecule is Cc1ccc(C)c(OCCCn2c(CN(C)C(=O)c3cccnc3)nc3ccccc32)c1. The summed E-state index contributed by atoms with van der Waals surface area (Å²) in [6.45, 7) is 5.92. The molecule has 0 aliphatic rings. The van der Waals surface area contributed by atoms with Gasteiger partial charge in [-0.15, -0.1) is 0 Å². The molecule has 0 atom stereocenters. The standard InChI is InChI=1S/C26H28N4O2/c1-19-11-12-20(2)24(16-19)32-15-7-14-30-23-10-5-4-9-22(23)28-25(30)18-29(3)26(31)21-8-6-13-27-17-21/h4-6,8-13,16-17H,7,14-15,18H2,1-3H3. The topological polar surface area (TPSA) is 60.2 Å². The van der Waals surface area contributed by atoms with E-state index in [0.717, 1.165) is 41.1 Å². The number of aromatic nitrogens is 3. The van der Waals surface area contributed by atoms with Crippen LogP contribution in [0.25, 0.3) is 11.0 Å². The van der Waals surface area contributed by atoms with E-state index in [2.05, 4.69) is 47.7 Å². The van der Waals surface area contributed by atoms with Gasteiger partial charge >= 0.3 is 0 Å². The maximum atomic E-state index is 12.8. The predicted octanol–water partition coefficient (Wildman–Crippen LogP) is 4.79. The molecule has 0 unspecified atom stereocenters. The molecule has 0 N–H and O–H groups in total. The van der Waals surface area contributed by atoms with Crippen molar-refractivity contribution in [3.05, 3.63) is 89.5 Å². The van der Waals surface area contributed by atoms with E-state index in [0.29, 0.717) is 18.7 Å². The highest BCUT2D eigenvalue weighted by molar-refractivity contribution is 5.93. The molecule has 0 fully saturated rings. The van der Waals surface area contributed by atoms with Crippen molar-refractivity contribution in [3.63, 3.8) is 0 Å². The Morgan fingerprint density at radius 3 is 2.75 bits per heavy atom. The van der Waals surface area contributed by atoms with Crippen LogP contribution in [0.15, 0.2) is 67.0 Å². The summed E-state index contributed by atoms with van der Waals surface area (Å²) in [6.07, 6.45) is 4.09. The van der Waals surface area contributed by atoms with Crippen molar-refractivity contribution in [2.75, 3.05) is 13.7 Å². The van der Waals surface area contributed by atoms with E-state index in [4.69, 9.17) is 9.72 Å². The number of carbonyl (C=O) groups is 1. The van der Waals surface area contributed by atoms with E-state index in [1.165, 1.54) is 5.56 Å². The summed E-state index contributed by atoms with van der Waals surface area (Å²) in [5.41, 5.74) is 4.89. The number of pyridine rings is 1. The van der Waals surface area contributed by atoms with E-state index < -0.39 is 0 Å². The molecule has 0 aliphatic carbocycles. The Labute approximate surface area is 188 Å². The lowest BCUT2D eigenvalue weighted by Gasteiger charge is -2.18. The first-order valence-electron chi connectivity index (χ1n) is 10.8. The largest absolute Gasteiger partial charge is 0.493 e. The molecule has 0 saturated carbocycles. The van der Waals surface area contributed by atoms with E-state index in [9.17, 15) is 4.79 Å². The lowest BCUT2D eigenvalue weighted by Crippen LogP contribution is -2.28. The smallest absolute Gasteiger partial charge is 0.255 e. The minimum atomic E-state index is -0.0741. The number of hydrogen-bond donors (Lipinski definition) is 0. The number of nitrogens with zero attached hydrogens (tertiary/aromatic N) is 4. The van der Waals surface area contributed by atoms with Gasteiger partial charge in [-0.1, -0.05) is 24.3 Å². The fourth-order valence-corrected chi connectivity index (χ4v) is 3.76. The molecule has 164 valence electrons. The second-order valence-electron chi connectivity index (χ2n) is 8.04. The summed E-state index contributed by atoms with van der Waals surface area (Å²) in [5, 5.41) is 0. The average Bonchev–Trinajstić information content (AvgIpc) is 3.15. The van der Waals surface area contributed by atoms with Crippen LogP contribution >= 0.6 is 0 Å². The Kier molecular flexibility index (Phi) is 6.50. The van der Waals surface area contributed by atoms with Crippen LogP contribution < -0.4 is 4.74 Å². The van der Waals surface area contributed by atoms with E-state index in [1.54, 1.807) is 36.5 Å². The molecule has 0 bridgehead atoms. The first-order valence-corrected chi connectivity index (χ1v) is 10.8. The van der Waals surface area contributed by atoms with Crippen LogP contribution in [0.1, 0.15) is 33.7 Å². The molecular weight excluding hydrogens is 400 g/mol. The van der Waals surface area contributed by atoms with Crippen molar-refractivity contribution < 1.29 is 9.53 Å². The van der Waals surface area contributed by atoms with Gasteiger partial charge in [0.25, 0.3) is 5.91 Å². The number of aryl methyl sites for hydroxylation is 3. The van der Waals surface area contributed by atoms with Crippen molar-refractivity contribution in [1.82, 2.24) is 19.4 Å². The molecule has 0 spiro atoms. The first-order chi connectivity index (χ1) is 15.5. The number of ether oxygens (including phenoxy) is 1. The number of hydrogen-bond acceptors (Lipinski definition) is 4. The average molecular weight is 429 g/mol. The van der Waals surface area contributed by atoms with Crippen molar-refractivity contribution in [2.24, 2.45) is 0 Å². The lowest BCUT2D eigenvalue weighted by molar-refractivity contribution is 0.0779. The van der Waals surface area contributed by atoms with Gasteiger partial charge in [0.2, 0.25) is 0 Å². The van der Waals surface area contributed by atoms with Crippen molar-refractivity contribution in [2.45, 2.75) is 33.4 Å². The maximum Gasteiger partial charge on any atom is 0.255 e. The van der Waals surface area contributed by atoms with Crippen LogP contribution in [0.4, 0.5) is 0 Å². The van der Waals surface area contributed by atoms with Gasteiger partial charge in [-0.3, -0.25) is 9.78 Å². The normalized spacial score (nSPS) is 11.0. The third-order valence-corrected chi connectivity index (χ3v) is 5.49. The number of para-hydroxylation sites is 2. The van der Waals surface area contributed by atoms with Gasteiger partial charge in [-0.05, 0) is 61.7 Å². The Morgan fingerprint density at radius 2 is 1.94 bits per heavy atom. The minimum absolute atomic E-state index is 0.0741. The van der Waals surface area contributed by atoms with Crippen LogP contribution in [0.2, 0.25) is 0 Å². The Balaban J connectivity index is 1.47. The fraction of sp³-hybridized carbons (Fsp3) is 0.269. The molecule has 2 aromatic carbocycles. The fourth-order valence-electron chi connectivity index (χ4n) is 3.76.